The molecule has 1 amide bonds. The van der Waals surface area contributed by atoms with Crippen molar-refractivity contribution in [2.75, 3.05) is 21.9 Å². The smallest absolute Gasteiger partial charge is 0.255 e. The van der Waals surface area contributed by atoms with E-state index in [2.05, 4.69) is 5.32 Å². The van der Waals surface area contributed by atoms with Crippen LogP contribution in [0.3, 0.4) is 0 Å². The first-order valence-corrected chi connectivity index (χ1v) is 13.4. The van der Waals surface area contributed by atoms with Gasteiger partial charge in [0, 0.05) is 28.7 Å². The van der Waals surface area contributed by atoms with Crippen molar-refractivity contribution in [2.45, 2.75) is 19.8 Å². The largest absolute Gasteiger partial charge is 0.322 e. The minimum Gasteiger partial charge on any atom is -0.322 e. The summed E-state index contributed by atoms with van der Waals surface area (Å²) in [5.74, 6) is -0.130. The second kappa shape index (κ2) is 9.32. The van der Waals surface area contributed by atoms with Gasteiger partial charge in [0.15, 0.2) is 0 Å². The molecule has 178 valence electrons. The average Bonchev–Trinajstić information content (AvgIpc) is 2.84. The van der Waals surface area contributed by atoms with Gasteiger partial charge in [0.25, 0.3) is 5.91 Å². The van der Waals surface area contributed by atoms with Crippen LogP contribution in [0.4, 0.5) is 11.4 Å². The summed E-state index contributed by atoms with van der Waals surface area (Å²) in [6, 6.07) is 22.2. The van der Waals surface area contributed by atoms with E-state index in [4.69, 9.17) is 16.6 Å². The van der Waals surface area contributed by atoms with E-state index >= 15 is 0 Å². The predicted molar refractivity (Wildman–Crippen MR) is 142 cm³/mol. The molecule has 0 atom stereocenters. The molecule has 2 heterocycles. The summed E-state index contributed by atoms with van der Waals surface area (Å²) in [4.78, 5) is 17.8. The molecule has 4 aromatic rings. The van der Waals surface area contributed by atoms with Crippen LogP contribution in [0.1, 0.15) is 28.8 Å². The van der Waals surface area contributed by atoms with E-state index in [0.717, 1.165) is 22.9 Å². The van der Waals surface area contributed by atoms with Crippen LogP contribution >= 0.6 is 11.6 Å². The van der Waals surface area contributed by atoms with Gasteiger partial charge in [-0.25, -0.2) is 13.4 Å². The van der Waals surface area contributed by atoms with E-state index in [9.17, 15) is 13.2 Å². The summed E-state index contributed by atoms with van der Waals surface area (Å²) in [6.45, 7) is 2.27. The van der Waals surface area contributed by atoms with Crippen LogP contribution in [0.25, 0.3) is 22.2 Å². The summed E-state index contributed by atoms with van der Waals surface area (Å²) in [5.41, 5.74) is 4.66. The van der Waals surface area contributed by atoms with Gasteiger partial charge in [-0.1, -0.05) is 35.9 Å². The summed E-state index contributed by atoms with van der Waals surface area (Å²) >= 11 is 6.47. The fourth-order valence-corrected chi connectivity index (χ4v) is 6.20. The number of aromatic nitrogens is 1. The third kappa shape index (κ3) is 4.74. The number of benzene rings is 3. The lowest BCUT2D eigenvalue weighted by atomic mass is 10.1. The lowest BCUT2D eigenvalue weighted by molar-refractivity contribution is 0.102. The van der Waals surface area contributed by atoms with Crippen LogP contribution in [0.5, 0.6) is 0 Å². The molecule has 0 aliphatic carbocycles. The molecule has 6 nitrogen and oxygen atoms in total. The first-order chi connectivity index (χ1) is 16.8. The molecule has 0 unspecified atom stereocenters. The Labute approximate surface area is 209 Å². The van der Waals surface area contributed by atoms with Crippen LogP contribution in [-0.2, 0) is 10.0 Å². The maximum Gasteiger partial charge on any atom is 0.255 e. The van der Waals surface area contributed by atoms with Crippen molar-refractivity contribution in [1.82, 2.24) is 4.98 Å². The standard InChI is InChI=1S/C27H24ClN3O3S/c1-18-16-21(31-14-4-5-15-35(31,33)34)10-11-22(18)27(32)29-20-9-12-24(28)23(17-20)26-13-8-19-6-2-3-7-25(19)30-26/h2-3,6-13,16-17H,4-5,14-15H2,1H3,(H,29,32). The maximum absolute atomic E-state index is 13.1. The molecule has 1 aliphatic heterocycles. The Morgan fingerprint density at radius 1 is 1.00 bits per heavy atom. The number of anilines is 2. The number of pyridine rings is 1. The fraction of sp³-hybridized carbons (Fsp3) is 0.185. The monoisotopic (exact) mass is 505 g/mol. The van der Waals surface area contributed by atoms with E-state index < -0.39 is 10.0 Å². The highest BCUT2D eigenvalue weighted by atomic mass is 35.5. The van der Waals surface area contributed by atoms with Crippen molar-refractivity contribution in [1.29, 1.82) is 0 Å². The Balaban J connectivity index is 1.40. The van der Waals surface area contributed by atoms with Gasteiger partial charge in [-0.15, -0.1) is 0 Å². The van der Waals surface area contributed by atoms with Gasteiger partial charge in [0.1, 0.15) is 0 Å². The number of para-hydroxylation sites is 1. The number of fused-ring (bicyclic) bond motifs is 1. The SMILES string of the molecule is Cc1cc(N2CCCCS2(=O)=O)ccc1C(=O)Nc1ccc(Cl)c(-c2ccc3ccccc3n2)c1. The molecular formula is C27H24ClN3O3S. The number of hydrogen-bond donors (Lipinski definition) is 1. The number of halogens is 1. The first kappa shape index (κ1) is 23.3. The Morgan fingerprint density at radius 3 is 2.63 bits per heavy atom. The molecule has 5 rings (SSSR count). The molecule has 1 N–H and O–H groups in total. The highest BCUT2D eigenvalue weighted by Gasteiger charge is 2.26. The number of aryl methyl sites for hydroxylation is 1. The number of nitrogens with zero attached hydrogens (tertiary/aromatic N) is 2. The third-order valence-corrected chi connectivity index (χ3v) is 8.39. The second-order valence-corrected chi connectivity index (χ2v) is 11.1. The number of sulfonamides is 1. The molecule has 8 heteroatoms. The topological polar surface area (TPSA) is 79.4 Å². The van der Waals surface area contributed by atoms with Crippen molar-refractivity contribution in [2.24, 2.45) is 0 Å². The van der Waals surface area contributed by atoms with Gasteiger partial charge < -0.3 is 5.32 Å². The van der Waals surface area contributed by atoms with E-state index in [1.807, 2.05) is 36.4 Å². The van der Waals surface area contributed by atoms with E-state index in [1.54, 1.807) is 43.3 Å². The summed E-state index contributed by atoms with van der Waals surface area (Å²) in [6.07, 6.45) is 1.50. The summed E-state index contributed by atoms with van der Waals surface area (Å²) < 4.78 is 26.3. The maximum atomic E-state index is 13.1. The number of carbonyl (C=O) groups excluding carboxylic acids is 1. The summed E-state index contributed by atoms with van der Waals surface area (Å²) in [7, 11) is -3.31. The minimum atomic E-state index is -3.31. The second-order valence-electron chi connectivity index (χ2n) is 8.63. The lowest BCUT2D eigenvalue weighted by Gasteiger charge is -2.28. The van der Waals surface area contributed by atoms with Crippen LogP contribution in [-0.4, -0.2) is 31.6 Å². The number of amides is 1. The van der Waals surface area contributed by atoms with Crippen LogP contribution < -0.4 is 9.62 Å². The molecular weight excluding hydrogens is 482 g/mol. The van der Waals surface area contributed by atoms with Gasteiger partial charge >= 0.3 is 0 Å². The zero-order chi connectivity index (χ0) is 24.6. The molecule has 1 fully saturated rings. The average molecular weight is 506 g/mol. The molecule has 0 saturated carbocycles. The van der Waals surface area contributed by atoms with E-state index in [-0.39, 0.29) is 11.7 Å². The zero-order valence-electron chi connectivity index (χ0n) is 19.2. The van der Waals surface area contributed by atoms with Crippen molar-refractivity contribution >= 4 is 49.8 Å². The highest BCUT2D eigenvalue weighted by molar-refractivity contribution is 7.92. The minimum absolute atomic E-state index is 0.152. The Bertz CT molecular complexity index is 1550. The van der Waals surface area contributed by atoms with Gasteiger partial charge in [0.2, 0.25) is 10.0 Å². The van der Waals surface area contributed by atoms with Crippen molar-refractivity contribution in [3.05, 3.63) is 88.9 Å². The Morgan fingerprint density at radius 2 is 1.83 bits per heavy atom. The normalized spacial score (nSPS) is 15.2. The zero-order valence-corrected chi connectivity index (χ0v) is 20.7. The van der Waals surface area contributed by atoms with Gasteiger partial charge in [-0.05, 0) is 73.9 Å². The van der Waals surface area contributed by atoms with Crippen LogP contribution in [0.2, 0.25) is 5.02 Å². The predicted octanol–water partition coefficient (Wildman–Crippen LogP) is 6.05. The van der Waals surface area contributed by atoms with Gasteiger partial charge in [-0.3, -0.25) is 9.10 Å². The number of carbonyl (C=O) groups is 1. The molecule has 0 spiro atoms. The van der Waals surface area contributed by atoms with Crippen LogP contribution in [0, 0.1) is 6.92 Å². The molecule has 1 aliphatic rings. The van der Waals surface area contributed by atoms with E-state index in [1.165, 1.54) is 4.31 Å². The van der Waals surface area contributed by atoms with Crippen molar-refractivity contribution < 1.29 is 13.2 Å². The lowest BCUT2D eigenvalue weighted by Crippen LogP contribution is -2.37. The molecule has 35 heavy (non-hydrogen) atoms. The number of nitrogens with one attached hydrogen (secondary N) is 1. The Hall–Kier alpha value is -3.42. The number of hydrogen-bond acceptors (Lipinski definition) is 4. The Kier molecular flexibility index (Phi) is 6.21. The molecule has 0 radical (unpaired) electrons. The van der Waals surface area contributed by atoms with Crippen molar-refractivity contribution in [3.63, 3.8) is 0 Å². The van der Waals surface area contributed by atoms with Gasteiger partial charge in [-0.2, -0.15) is 0 Å². The number of rotatable bonds is 4. The molecule has 3 aromatic carbocycles. The van der Waals surface area contributed by atoms with E-state index in [0.29, 0.717) is 46.2 Å². The van der Waals surface area contributed by atoms with Crippen molar-refractivity contribution in [3.8, 4) is 11.3 Å². The highest BCUT2D eigenvalue weighted by Crippen LogP contribution is 2.31. The molecule has 1 saturated heterocycles. The molecule has 0 bridgehead atoms. The third-order valence-electron chi connectivity index (χ3n) is 6.19. The first-order valence-electron chi connectivity index (χ1n) is 11.4. The quantitative estimate of drug-likeness (QED) is 0.366. The molecule has 1 aromatic heterocycles. The van der Waals surface area contributed by atoms with Gasteiger partial charge in [0.05, 0.1) is 27.7 Å². The van der Waals surface area contributed by atoms with Crippen LogP contribution in [0.15, 0.2) is 72.8 Å². The summed E-state index contributed by atoms with van der Waals surface area (Å²) in [5, 5.41) is 4.50. The fourth-order valence-electron chi connectivity index (χ4n) is 4.35.